The Morgan fingerprint density at radius 1 is 1.32 bits per heavy atom. The number of nitrogens with one attached hydrogen (secondary N) is 2. The van der Waals surface area contributed by atoms with Crippen molar-refractivity contribution in [1.82, 2.24) is 20.2 Å². The molecule has 1 atom stereocenters. The first kappa shape index (κ1) is 17.5. The van der Waals surface area contributed by atoms with E-state index in [1.165, 1.54) is 29.2 Å². The highest BCUT2D eigenvalue weighted by Gasteiger charge is 2.18. The van der Waals surface area contributed by atoms with Gasteiger partial charge < -0.3 is 5.32 Å². The first-order valence-electron chi connectivity index (χ1n) is 7.20. The van der Waals surface area contributed by atoms with Gasteiger partial charge in [0.05, 0.1) is 10.9 Å². The lowest BCUT2D eigenvalue weighted by atomic mass is 10.2. The molecule has 25 heavy (non-hydrogen) atoms. The van der Waals surface area contributed by atoms with Gasteiger partial charge in [0.1, 0.15) is 5.82 Å². The van der Waals surface area contributed by atoms with Gasteiger partial charge in [-0.05, 0) is 32.0 Å². The van der Waals surface area contributed by atoms with Crippen LogP contribution in [0, 0.1) is 18.6 Å². The molecule has 10 heteroatoms. The molecule has 3 aromatic rings. The van der Waals surface area contributed by atoms with E-state index in [9.17, 15) is 13.6 Å². The predicted octanol–water partition coefficient (Wildman–Crippen LogP) is 3.63. The molecule has 1 aromatic carbocycles. The van der Waals surface area contributed by atoms with Crippen molar-refractivity contribution in [2.45, 2.75) is 24.3 Å². The van der Waals surface area contributed by atoms with Crippen molar-refractivity contribution in [3.8, 4) is 11.3 Å². The SMILES string of the molecule is Cc1nc(SC(C)C(=O)Nc2nc(-c3ccc(F)c(F)c3)cs2)n[nH]1. The molecule has 0 saturated carbocycles. The minimum atomic E-state index is -0.942. The molecule has 0 saturated heterocycles. The van der Waals surface area contributed by atoms with Crippen LogP contribution in [0.1, 0.15) is 12.7 Å². The Kier molecular flexibility index (Phi) is 5.09. The van der Waals surface area contributed by atoms with Crippen LogP contribution in [-0.4, -0.2) is 31.3 Å². The summed E-state index contributed by atoms with van der Waals surface area (Å²) in [6.07, 6.45) is 0. The third-order valence-corrected chi connectivity index (χ3v) is 4.90. The van der Waals surface area contributed by atoms with Gasteiger partial charge in [-0.15, -0.1) is 16.4 Å². The maximum Gasteiger partial charge on any atom is 0.239 e. The van der Waals surface area contributed by atoms with Crippen molar-refractivity contribution in [1.29, 1.82) is 0 Å². The van der Waals surface area contributed by atoms with Crippen LogP contribution < -0.4 is 5.32 Å². The summed E-state index contributed by atoms with van der Waals surface area (Å²) in [5.74, 6) is -1.44. The maximum atomic E-state index is 13.3. The number of hydrogen-bond donors (Lipinski definition) is 2. The number of aryl methyl sites for hydroxylation is 1. The topological polar surface area (TPSA) is 83.6 Å². The quantitative estimate of drug-likeness (QED) is 0.660. The van der Waals surface area contributed by atoms with E-state index in [0.29, 0.717) is 27.4 Å². The monoisotopic (exact) mass is 381 g/mol. The van der Waals surface area contributed by atoms with Gasteiger partial charge in [0.25, 0.3) is 0 Å². The van der Waals surface area contributed by atoms with E-state index in [-0.39, 0.29) is 5.91 Å². The number of aromatic nitrogens is 4. The Morgan fingerprint density at radius 3 is 2.80 bits per heavy atom. The Morgan fingerprint density at radius 2 is 2.12 bits per heavy atom. The Bertz CT molecular complexity index is 911. The van der Waals surface area contributed by atoms with Gasteiger partial charge in [-0.2, -0.15) is 0 Å². The van der Waals surface area contributed by atoms with Gasteiger partial charge in [0.2, 0.25) is 11.1 Å². The number of halogens is 2. The van der Waals surface area contributed by atoms with Crippen LogP contribution in [0.5, 0.6) is 0 Å². The Labute approximate surface area is 150 Å². The number of carbonyl (C=O) groups is 1. The van der Waals surface area contributed by atoms with Crippen LogP contribution in [0.3, 0.4) is 0 Å². The second-order valence-electron chi connectivity index (χ2n) is 5.12. The number of rotatable bonds is 5. The molecule has 0 fully saturated rings. The highest BCUT2D eigenvalue weighted by atomic mass is 32.2. The van der Waals surface area contributed by atoms with Gasteiger partial charge in [-0.25, -0.2) is 18.7 Å². The van der Waals surface area contributed by atoms with Gasteiger partial charge in [-0.3, -0.25) is 9.89 Å². The summed E-state index contributed by atoms with van der Waals surface area (Å²) in [7, 11) is 0. The standard InChI is InChI=1S/C15H13F2N5OS2/c1-7(25-15-18-8(2)21-22-15)13(23)20-14-19-12(6-24-14)9-3-4-10(16)11(17)5-9/h3-7H,1-2H3,(H,18,21,22)(H,19,20,23). The third kappa shape index (κ3) is 4.20. The van der Waals surface area contributed by atoms with E-state index < -0.39 is 16.9 Å². The number of aromatic amines is 1. The smallest absolute Gasteiger partial charge is 0.239 e. The molecule has 0 bridgehead atoms. The first-order valence-corrected chi connectivity index (χ1v) is 8.96. The maximum absolute atomic E-state index is 13.3. The lowest BCUT2D eigenvalue weighted by Crippen LogP contribution is -2.22. The first-order chi connectivity index (χ1) is 11.9. The fourth-order valence-electron chi connectivity index (χ4n) is 1.91. The molecule has 0 aliphatic heterocycles. The zero-order chi connectivity index (χ0) is 18.0. The minimum Gasteiger partial charge on any atom is -0.301 e. The number of nitrogens with zero attached hydrogens (tertiary/aromatic N) is 3. The molecule has 0 aliphatic carbocycles. The molecular formula is C15H13F2N5OS2. The van der Waals surface area contributed by atoms with Crippen LogP contribution >= 0.6 is 23.1 Å². The highest BCUT2D eigenvalue weighted by molar-refractivity contribution is 8.00. The summed E-state index contributed by atoms with van der Waals surface area (Å²) in [6, 6.07) is 3.54. The number of benzene rings is 1. The van der Waals surface area contributed by atoms with E-state index in [0.717, 1.165) is 12.1 Å². The average Bonchev–Trinajstić information content (AvgIpc) is 3.19. The van der Waals surface area contributed by atoms with Crippen molar-refractivity contribution in [3.63, 3.8) is 0 Å². The molecule has 0 radical (unpaired) electrons. The summed E-state index contributed by atoms with van der Waals surface area (Å²) in [5.41, 5.74) is 0.901. The molecule has 2 heterocycles. The third-order valence-electron chi connectivity index (χ3n) is 3.18. The number of amides is 1. The van der Waals surface area contributed by atoms with Crippen LogP contribution in [0.25, 0.3) is 11.3 Å². The lowest BCUT2D eigenvalue weighted by molar-refractivity contribution is -0.115. The van der Waals surface area contributed by atoms with Crippen molar-refractivity contribution in [3.05, 3.63) is 41.0 Å². The van der Waals surface area contributed by atoms with Crippen molar-refractivity contribution >= 4 is 34.1 Å². The van der Waals surface area contributed by atoms with Crippen LogP contribution in [0.15, 0.2) is 28.7 Å². The van der Waals surface area contributed by atoms with E-state index >= 15 is 0 Å². The van der Waals surface area contributed by atoms with Crippen molar-refractivity contribution in [2.24, 2.45) is 0 Å². The molecule has 0 aliphatic rings. The minimum absolute atomic E-state index is 0.251. The summed E-state index contributed by atoms with van der Waals surface area (Å²) < 4.78 is 26.3. The Hall–Kier alpha value is -2.33. The molecule has 130 valence electrons. The Balaban J connectivity index is 1.66. The summed E-state index contributed by atoms with van der Waals surface area (Å²) in [6.45, 7) is 3.51. The fourth-order valence-corrected chi connectivity index (χ4v) is 3.41. The van der Waals surface area contributed by atoms with E-state index in [2.05, 4.69) is 25.5 Å². The van der Waals surface area contributed by atoms with Gasteiger partial charge in [0, 0.05) is 10.9 Å². The van der Waals surface area contributed by atoms with Gasteiger partial charge >= 0.3 is 0 Å². The zero-order valence-electron chi connectivity index (χ0n) is 13.2. The molecule has 1 amide bonds. The fraction of sp³-hybridized carbons (Fsp3) is 0.200. The van der Waals surface area contributed by atoms with Gasteiger partial charge in [0.15, 0.2) is 16.8 Å². The lowest BCUT2D eigenvalue weighted by Gasteiger charge is -2.07. The number of thioether (sulfide) groups is 1. The molecular weight excluding hydrogens is 368 g/mol. The molecule has 0 spiro atoms. The summed E-state index contributed by atoms with van der Waals surface area (Å²) in [5, 5.41) is 11.5. The van der Waals surface area contributed by atoms with E-state index in [1.807, 2.05) is 0 Å². The molecule has 1 unspecified atom stereocenters. The van der Waals surface area contributed by atoms with Crippen molar-refractivity contribution < 1.29 is 13.6 Å². The van der Waals surface area contributed by atoms with E-state index in [1.54, 1.807) is 19.2 Å². The summed E-state index contributed by atoms with van der Waals surface area (Å²) in [4.78, 5) is 20.6. The van der Waals surface area contributed by atoms with Crippen LogP contribution in [-0.2, 0) is 4.79 Å². The number of thiazole rings is 1. The highest BCUT2D eigenvalue weighted by Crippen LogP contribution is 2.27. The second-order valence-corrected chi connectivity index (χ2v) is 7.29. The molecule has 2 N–H and O–H groups in total. The number of anilines is 1. The number of H-pyrrole nitrogens is 1. The normalized spacial score (nSPS) is 12.2. The average molecular weight is 381 g/mol. The van der Waals surface area contributed by atoms with Crippen LogP contribution in [0.4, 0.5) is 13.9 Å². The van der Waals surface area contributed by atoms with Gasteiger partial charge in [-0.1, -0.05) is 11.8 Å². The second kappa shape index (κ2) is 7.28. The van der Waals surface area contributed by atoms with Crippen LogP contribution in [0.2, 0.25) is 0 Å². The largest absolute Gasteiger partial charge is 0.301 e. The molecule has 3 rings (SSSR count). The number of carbonyl (C=O) groups excluding carboxylic acids is 1. The summed E-state index contributed by atoms with van der Waals surface area (Å²) >= 11 is 2.42. The predicted molar refractivity (Wildman–Crippen MR) is 92.5 cm³/mol. The molecule has 2 aromatic heterocycles. The van der Waals surface area contributed by atoms with Crippen molar-refractivity contribution in [2.75, 3.05) is 5.32 Å². The number of hydrogen-bond acceptors (Lipinski definition) is 6. The zero-order valence-corrected chi connectivity index (χ0v) is 14.8. The van der Waals surface area contributed by atoms with E-state index in [4.69, 9.17) is 0 Å². The molecule has 6 nitrogen and oxygen atoms in total.